The normalized spacial score (nSPS) is 20.1. The van der Waals surface area contributed by atoms with E-state index in [1.165, 1.54) is 11.6 Å². The zero-order valence-electron chi connectivity index (χ0n) is 20.2. The Morgan fingerprint density at radius 3 is 2.76 bits per heavy atom. The van der Waals surface area contributed by atoms with Gasteiger partial charge in [0.1, 0.15) is 24.1 Å². The molecule has 1 aromatic carbocycles. The summed E-state index contributed by atoms with van der Waals surface area (Å²) in [6, 6.07) is 3.92. The lowest BCUT2D eigenvalue weighted by Crippen LogP contribution is -2.48. The molecule has 2 aliphatic heterocycles. The first-order valence-corrected chi connectivity index (χ1v) is 11.9. The molecule has 5 heterocycles. The predicted octanol–water partition coefficient (Wildman–Crippen LogP) is 3.30. The largest absolute Gasteiger partial charge is 0.479 e. The van der Waals surface area contributed by atoms with Crippen molar-refractivity contribution < 1.29 is 27.0 Å². The Balaban J connectivity index is 1.38. The Bertz CT molecular complexity index is 1480. The van der Waals surface area contributed by atoms with Crippen LogP contribution in [0.15, 0.2) is 24.4 Å². The fourth-order valence-corrected chi connectivity index (χ4v) is 5.10. The van der Waals surface area contributed by atoms with Gasteiger partial charge in [-0.25, -0.2) is 27.1 Å². The number of anilines is 1. The van der Waals surface area contributed by atoms with Crippen LogP contribution in [0, 0.1) is 12.7 Å². The molecule has 2 aliphatic rings. The number of aryl methyl sites for hydroxylation is 2. The number of aromatic nitrogens is 5. The van der Waals surface area contributed by atoms with Crippen LogP contribution in [0.3, 0.4) is 0 Å². The zero-order valence-corrected chi connectivity index (χ0v) is 20.2. The molecule has 0 bridgehead atoms. The van der Waals surface area contributed by atoms with E-state index >= 15 is 4.39 Å². The zero-order chi connectivity index (χ0) is 25.9. The second-order valence-corrected chi connectivity index (χ2v) is 9.37. The number of rotatable bonds is 7. The average Bonchev–Trinajstić information content (AvgIpc) is 3.41. The highest BCUT2D eigenvalue weighted by Crippen LogP contribution is 2.37. The lowest BCUT2D eigenvalue weighted by atomic mass is 10.1. The Kier molecular flexibility index (Phi) is 5.71. The summed E-state index contributed by atoms with van der Waals surface area (Å²) in [5.41, 5.74) is 2.24. The second-order valence-electron chi connectivity index (χ2n) is 9.37. The van der Waals surface area contributed by atoms with Gasteiger partial charge < -0.3 is 19.4 Å². The van der Waals surface area contributed by atoms with E-state index < -0.39 is 24.5 Å². The van der Waals surface area contributed by atoms with Crippen molar-refractivity contribution in [2.75, 3.05) is 45.4 Å². The lowest BCUT2D eigenvalue weighted by molar-refractivity contribution is -0.0711. The van der Waals surface area contributed by atoms with Gasteiger partial charge in [-0.05, 0) is 24.6 Å². The molecule has 0 amide bonds. The number of alkyl halides is 3. The average molecular weight is 520 g/mol. The minimum Gasteiger partial charge on any atom is -0.479 e. The van der Waals surface area contributed by atoms with E-state index in [9.17, 15) is 13.2 Å². The molecule has 1 N–H and O–H groups in total. The van der Waals surface area contributed by atoms with Gasteiger partial charge >= 0.3 is 0 Å². The van der Waals surface area contributed by atoms with E-state index in [0.717, 1.165) is 6.20 Å². The summed E-state index contributed by atoms with van der Waals surface area (Å²) in [5, 5.41) is 6.99. The number of benzene rings is 1. The van der Waals surface area contributed by atoms with Crippen molar-refractivity contribution in [2.24, 2.45) is 0 Å². The first kappa shape index (κ1) is 23.9. The number of hydrogen-bond donors (Lipinski definition) is 1. The molecule has 0 radical (unpaired) electrons. The van der Waals surface area contributed by atoms with Crippen molar-refractivity contribution in [3.63, 3.8) is 0 Å². The molecular formula is C24H25F4N7O2. The standard InChI is InChI=1S/C24H25F4N7O2/c1-13-29-17-4-3-14(7-18(17)34(13)6-5-25)20-16(26)8-35-21(20)22(36-2)31-23(32-35)30-19-9-33(12-24(19,27)28)15-10-37-11-15/h3-4,7-8,15,19H,5-6,9-12H2,1-2H3,(H,30,32). The minimum absolute atomic E-state index is 0.0236. The third-order valence-corrected chi connectivity index (χ3v) is 7.06. The van der Waals surface area contributed by atoms with Crippen LogP contribution in [0.5, 0.6) is 5.88 Å². The van der Waals surface area contributed by atoms with Gasteiger partial charge in [0.15, 0.2) is 5.82 Å². The van der Waals surface area contributed by atoms with Crippen LogP contribution in [0.4, 0.5) is 23.5 Å². The van der Waals surface area contributed by atoms with Crippen LogP contribution in [0.2, 0.25) is 0 Å². The van der Waals surface area contributed by atoms with Crippen LogP contribution in [-0.4, -0.2) is 87.1 Å². The van der Waals surface area contributed by atoms with E-state index in [1.807, 2.05) is 0 Å². The molecule has 2 saturated heterocycles. The van der Waals surface area contributed by atoms with Gasteiger partial charge in [-0.3, -0.25) is 4.90 Å². The number of nitrogens with one attached hydrogen (secondary N) is 1. The van der Waals surface area contributed by atoms with Gasteiger partial charge in [-0.1, -0.05) is 6.07 Å². The summed E-state index contributed by atoms with van der Waals surface area (Å²) in [6.07, 6.45) is 1.15. The molecule has 9 nitrogen and oxygen atoms in total. The maximum absolute atomic E-state index is 15.3. The molecule has 1 unspecified atom stereocenters. The number of hydrogen-bond acceptors (Lipinski definition) is 7. The molecule has 37 heavy (non-hydrogen) atoms. The Hall–Kier alpha value is -3.45. The third-order valence-electron chi connectivity index (χ3n) is 7.06. The first-order valence-electron chi connectivity index (χ1n) is 11.9. The Morgan fingerprint density at radius 1 is 1.24 bits per heavy atom. The highest BCUT2D eigenvalue weighted by molar-refractivity contribution is 5.90. The molecule has 4 aromatic rings. The van der Waals surface area contributed by atoms with Crippen LogP contribution >= 0.6 is 0 Å². The molecule has 6 rings (SSSR count). The van der Waals surface area contributed by atoms with Crippen molar-refractivity contribution in [1.29, 1.82) is 0 Å². The van der Waals surface area contributed by atoms with Crippen LogP contribution in [0.1, 0.15) is 5.82 Å². The van der Waals surface area contributed by atoms with Crippen molar-refractivity contribution >= 4 is 22.5 Å². The molecule has 0 aliphatic carbocycles. The number of ether oxygens (including phenoxy) is 2. The van der Waals surface area contributed by atoms with Gasteiger partial charge in [0, 0.05) is 6.54 Å². The monoisotopic (exact) mass is 519 g/mol. The number of fused-ring (bicyclic) bond motifs is 2. The third kappa shape index (κ3) is 3.96. The summed E-state index contributed by atoms with van der Waals surface area (Å²) in [6.45, 7) is 1.92. The molecule has 0 spiro atoms. The topological polar surface area (TPSA) is 81.7 Å². The van der Waals surface area contributed by atoms with E-state index in [0.29, 0.717) is 35.6 Å². The number of nitrogens with zero attached hydrogens (tertiary/aromatic N) is 6. The van der Waals surface area contributed by atoms with Crippen LogP contribution in [0.25, 0.3) is 27.7 Å². The van der Waals surface area contributed by atoms with Crippen molar-refractivity contribution in [2.45, 2.75) is 31.5 Å². The van der Waals surface area contributed by atoms with Gasteiger partial charge in [0.2, 0.25) is 11.8 Å². The highest BCUT2D eigenvalue weighted by Gasteiger charge is 2.51. The summed E-state index contributed by atoms with van der Waals surface area (Å²) in [7, 11) is 1.37. The summed E-state index contributed by atoms with van der Waals surface area (Å²) < 4.78 is 71.4. The lowest BCUT2D eigenvalue weighted by Gasteiger charge is -2.34. The Morgan fingerprint density at radius 2 is 2.05 bits per heavy atom. The van der Waals surface area contributed by atoms with Crippen molar-refractivity contribution in [3.8, 4) is 17.0 Å². The number of methoxy groups -OCH3 is 1. The van der Waals surface area contributed by atoms with Crippen LogP contribution in [-0.2, 0) is 11.3 Å². The predicted molar refractivity (Wildman–Crippen MR) is 127 cm³/mol. The molecular weight excluding hydrogens is 494 g/mol. The molecule has 1 atom stereocenters. The van der Waals surface area contributed by atoms with E-state index in [4.69, 9.17) is 9.47 Å². The number of imidazole rings is 1. The van der Waals surface area contributed by atoms with Gasteiger partial charge in [-0.15, -0.1) is 5.10 Å². The van der Waals surface area contributed by atoms with Gasteiger partial charge in [-0.2, -0.15) is 4.98 Å². The van der Waals surface area contributed by atoms with E-state index in [1.54, 1.807) is 34.6 Å². The highest BCUT2D eigenvalue weighted by atomic mass is 19.3. The number of halogens is 4. The van der Waals surface area contributed by atoms with E-state index in [-0.39, 0.29) is 48.6 Å². The first-order chi connectivity index (χ1) is 17.8. The molecule has 196 valence electrons. The smallest absolute Gasteiger partial charge is 0.281 e. The SMILES string of the molecule is COc1nc(NC2CN(C3COC3)CC2(F)F)nn2cc(F)c(-c3ccc4nc(C)n(CCF)c4c3)c12. The molecule has 2 fully saturated rings. The second kappa shape index (κ2) is 8.84. The summed E-state index contributed by atoms with van der Waals surface area (Å²) >= 11 is 0. The fraction of sp³-hybridized carbons (Fsp3) is 0.458. The maximum atomic E-state index is 15.3. The maximum Gasteiger partial charge on any atom is 0.281 e. The fourth-order valence-electron chi connectivity index (χ4n) is 5.10. The molecule has 3 aromatic heterocycles. The Labute approximate surface area is 209 Å². The van der Waals surface area contributed by atoms with Crippen molar-refractivity contribution in [3.05, 3.63) is 36.0 Å². The summed E-state index contributed by atoms with van der Waals surface area (Å²) in [4.78, 5) is 10.4. The van der Waals surface area contributed by atoms with Gasteiger partial charge in [0.25, 0.3) is 5.92 Å². The quantitative estimate of drug-likeness (QED) is 0.375. The van der Waals surface area contributed by atoms with Crippen molar-refractivity contribution in [1.82, 2.24) is 29.0 Å². The van der Waals surface area contributed by atoms with Crippen LogP contribution < -0.4 is 10.1 Å². The van der Waals surface area contributed by atoms with Gasteiger partial charge in [0.05, 0.1) is 62.2 Å². The minimum atomic E-state index is -3.01. The van der Waals surface area contributed by atoms with E-state index in [2.05, 4.69) is 20.4 Å². The summed E-state index contributed by atoms with van der Waals surface area (Å²) in [5.74, 6) is -3.04. The number of likely N-dealkylation sites (tertiary alicyclic amines) is 1. The molecule has 0 saturated carbocycles. The molecule has 13 heteroatoms.